The Morgan fingerprint density at radius 1 is 1.40 bits per heavy atom. The lowest BCUT2D eigenvalue weighted by molar-refractivity contribution is -0.137. The molecule has 0 saturated carbocycles. The number of carboxylic acids is 1. The predicted molar refractivity (Wildman–Crippen MR) is 81.5 cm³/mol. The number of rotatable bonds is 8. The quantitative estimate of drug-likeness (QED) is 0.715. The van der Waals surface area contributed by atoms with Gasteiger partial charge in [0, 0.05) is 16.9 Å². The van der Waals surface area contributed by atoms with E-state index >= 15 is 0 Å². The Hall–Kier alpha value is -1.62. The molecule has 4 nitrogen and oxygen atoms in total. The van der Waals surface area contributed by atoms with Gasteiger partial charge in [0.05, 0.1) is 6.42 Å². The number of amides is 1. The van der Waals surface area contributed by atoms with E-state index in [0.717, 1.165) is 10.0 Å². The highest BCUT2D eigenvalue weighted by Crippen LogP contribution is 2.18. The van der Waals surface area contributed by atoms with E-state index in [4.69, 9.17) is 5.11 Å². The largest absolute Gasteiger partial charge is 0.481 e. The average molecular weight is 340 g/mol. The van der Waals surface area contributed by atoms with Crippen molar-refractivity contribution in [3.8, 4) is 0 Å². The van der Waals surface area contributed by atoms with Crippen LogP contribution in [0.2, 0.25) is 0 Å². The molecule has 0 heterocycles. The van der Waals surface area contributed by atoms with Crippen LogP contribution in [-0.2, 0) is 16.0 Å². The Kier molecular flexibility index (Phi) is 7.01. The van der Waals surface area contributed by atoms with E-state index in [-0.39, 0.29) is 12.3 Å². The van der Waals surface area contributed by atoms with Crippen molar-refractivity contribution in [3.05, 3.63) is 47.0 Å². The Morgan fingerprint density at radius 3 is 2.70 bits per heavy atom. The van der Waals surface area contributed by atoms with Gasteiger partial charge in [0.1, 0.15) is 0 Å². The summed E-state index contributed by atoms with van der Waals surface area (Å²) in [5, 5.41) is 11.7. The zero-order valence-electron chi connectivity index (χ0n) is 11.1. The molecule has 5 heteroatoms. The molecule has 1 atom stereocenters. The third kappa shape index (κ3) is 6.02. The van der Waals surface area contributed by atoms with Gasteiger partial charge in [-0.15, -0.1) is 6.58 Å². The van der Waals surface area contributed by atoms with Gasteiger partial charge in [0.25, 0.3) is 0 Å². The van der Waals surface area contributed by atoms with Crippen molar-refractivity contribution in [2.24, 2.45) is 0 Å². The molecular formula is C15H18BrNO3. The van der Waals surface area contributed by atoms with E-state index in [0.29, 0.717) is 19.3 Å². The van der Waals surface area contributed by atoms with E-state index < -0.39 is 12.0 Å². The van der Waals surface area contributed by atoms with Crippen molar-refractivity contribution in [3.63, 3.8) is 0 Å². The molecule has 1 amide bonds. The summed E-state index contributed by atoms with van der Waals surface area (Å²) in [6.45, 7) is 3.56. The highest BCUT2D eigenvalue weighted by atomic mass is 79.9. The third-order valence-electron chi connectivity index (χ3n) is 2.79. The van der Waals surface area contributed by atoms with Crippen molar-refractivity contribution in [2.75, 3.05) is 0 Å². The van der Waals surface area contributed by atoms with Crippen LogP contribution in [0, 0.1) is 0 Å². The summed E-state index contributed by atoms with van der Waals surface area (Å²) in [5.41, 5.74) is 0.975. The fraction of sp³-hybridized carbons (Fsp3) is 0.333. The molecule has 0 spiro atoms. The summed E-state index contributed by atoms with van der Waals surface area (Å²) in [4.78, 5) is 22.6. The van der Waals surface area contributed by atoms with Gasteiger partial charge in [-0.05, 0) is 24.5 Å². The second-order valence-corrected chi connectivity index (χ2v) is 5.34. The number of nitrogens with one attached hydrogen (secondary N) is 1. The van der Waals surface area contributed by atoms with Crippen LogP contribution >= 0.6 is 15.9 Å². The smallest absolute Gasteiger partial charge is 0.305 e. The van der Waals surface area contributed by atoms with Crippen molar-refractivity contribution >= 4 is 27.8 Å². The minimum Gasteiger partial charge on any atom is -0.481 e. The van der Waals surface area contributed by atoms with E-state index in [1.165, 1.54) is 0 Å². The molecule has 0 aliphatic heterocycles. The number of carbonyl (C=O) groups excluding carboxylic acids is 1. The van der Waals surface area contributed by atoms with Gasteiger partial charge < -0.3 is 10.4 Å². The SMILES string of the molecule is C=CCCC(=O)N[C@@H](CC(=O)O)Cc1ccccc1Br. The number of carbonyl (C=O) groups is 2. The topological polar surface area (TPSA) is 66.4 Å². The number of halogens is 1. The Bertz CT molecular complexity index is 488. The normalized spacial score (nSPS) is 11.7. The molecular weight excluding hydrogens is 322 g/mol. The van der Waals surface area contributed by atoms with Crippen molar-refractivity contribution in [1.82, 2.24) is 5.32 Å². The minimum atomic E-state index is -0.925. The highest BCUT2D eigenvalue weighted by molar-refractivity contribution is 9.10. The van der Waals surface area contributed by atoms with Crippen LogP contribution in [0.15, 0.2) is 41.4 Å². The average Bonchev–Trinajstić information content (AvgIpc) is 2.38. The predicted octanol–water partition coefficient (Wildman–Crippen LogP) is 2.92. The Balaban J connectivity index is 2.69. The van der Waals surface area contributed by atoms with E-state index in [9.17, 15) is 9.59 Å². The molecule has 108 valence electrons. The summed E-state index contributed by atoms with van der Waals surface area (Å²) in [5.74, 6) is -1.07. The lowest BCUT2D eigenvalue weighted by atomic mass is 10.0. The van der Waals surface area contributed by atoms with Crippen molar-refractivity contribution in [2.45, 2.75) is 31.7 Å². The van der Waals surface area contributed by atoms with E-state index in [1.807, 2.05) is 24.3 Å². The molecule has 0 aliphatic rings. The van der Waals surface area contributed by atoms with Crippen LogP contribution < -0.4 is 5.32 Å². The summed E-state index contributed by atoms with van der Waals surface area (Å²) < 4.78 is 0.913. The van der Waals surface area contributed by atoms with Gasteiger partial charge in [-0.2, -0.15) is 0 Å². The highest BCUT2D eigenvalue weighted by Gasteiger charge is 2.17. The van der Waals surface area contributed by atoms with Crippen LogP contribution in [0.1, 0.15) is 24.8 Å². The number of hydrogen-bond acceptors (Lipinski definition) is 2. The van der Waals surface area contributed by atoms with Gasteiger partial charge in [-0.1, -0.05) is 40.2 Å². The van der Waals surface area contributed by atoms with Gasteiger partial charge in [0.15, 0.2) is 0 Å². The summed E-state index contributed by atoms with van der Waals surface area (Å²) in [7, 11) is 0. The first-order valence-corrected chi connectivity index (χ1v) is 7.17. The number of allylic oxidation sites excluding steroid dienone is 1. The first-order chi connectivity index (χ1) is 9.52. The fourth-order valence-electron chi connectivity index (χ4n) is 1.85. The van der Waals surface area contributed by atoms with Gasteiger partial charge in [-0.25, -0.2) is 0 Å². The van der Waals surface area contributed by atoms with Gasteiger partial charge in [0.2, 0.25) is 5.91 Å². The molecule has 0 aromatic heterocycles. The lowest BCUT2D eigenvalue weighted by Gasteiger charge is -2.17. The summed E-state index contributed by atoms with van der Waals surface area (Å²) in [6, 6.07) is 7.17. The van der Waals surface area contributed by atoms with Crippen LogP contribution in [-0.4, -0.2) is 23.0 Å². The molecule has 20 heavy (non-hydrogen) atoms. The van der Waals surface area contributed by atoms with Crippen LogP contribution in [0.5, 0.6) is 0 Å². The maximum atomic E-state index is 11.7. The zero-order valence-corrected chi connectivity index (χ0v) is 12.7. The molecule has 1 aromatic rings. The monoisotopic (exact) mass is 339 g/mol. The van der Waals surface area contributed by atoms with Gasteiger partial charge in [-0.3, -0.25) is 9.59 Å². The summed E-state index contributed by atoms with van der Waals surface area (Å²) >= 11 is 3.43. The van der Waals surface area contributed by atoms with Gasteiger partial charge >= 0.3 is 5.97 Å². The fourth-order valence-corrected chi connectivity index (χ4v) is 2.29. The molecule has 0 fully saturated rings. The first-order valence-electron chi connectivity index (χ1n) is 6.38. The molecule has 0 radical (unpaired) electrons. The maximum absolute atomic E-state index is 11.7. The van der Waals surface area contributed by atoms with Crippen LogP contribution in [0.3, 0.4) is 0 Å². The van der Waals surface area contributed by atoms with Crippen molar-refractivity contribution in [1.29, 1.82) is 0 Å². The first kappa shape index (κ1) is 16.4. The maximum Gasteiger partial charge on any atom is 0.305 e. The number of carboxylic acid groups (broad SMARTS) is 1. The molecule has 0 aliphatic carbocycles. The second-order valence-electron chi connectivity index (χ2n) is 4.49. The zero-order chi connectivity index (χ0) is 15.0. The number of aliphatic carboxylic acids is 1. The standard InChI is InChI=1S/C15H18BrNO3/c1-2-3-8-14(18)17-12(10-15(19)20)9-11-6-4-5-7-13(11)16/h2,4-7,12H,1,3,8-10H2,(H,17,18)(H,19,20)/t12-/m1/s1. The second kappa shape index (κ2) is 8.53. The number of hydrogen-bond donors (Lipinski definition) is 2. The summed E-state index contributed by atoms with van der Waals surface area (Å²) in [6.07, 6.45) is 2.96. The van der Waals surface area contributed by atoms with E-state index in [1.54, 1.807) is 6.08 Å². The minimum absolute atomic E-state index is 0.0961. The van der Waals surface area contributed by atoms with Crippen LogP contribution in [0.25, 0.3) is 0 Å². The van der Waals surface area contributed by atoms with Crippen molar-refractivity contribution < 1.29 is 14.7 Å². The molecule has 1 aromatic carbocycles. The Morgan fingerprint density at radius 2 is 2.10 bits per heavy atom. The molecule has 0 unspecified atom stereocenters. The molecule has 1 rings (SSSR count). The van der Waals surface area contributed by atoms with E-state index in [2.05, 4.69) is 27.8 Å². The molecule has 0 saturated heterocycles. The lowest BCUT2D eigenvalue weighted by Crippen LogP contribution is -2.38. The molecule has 2 N–H and O–H groups in total. The molecule has 0 bridgehead atoms. The number of benzene rings is 1. The third-order valence-corrected chi connectivity index (χ3v) is 3.56. The van der Waals surface area contributed by atoms with Crippen LogP contribution in [0.4, 0.5) is 0 Å². The Labute approximate surface area is 127 Å².